The Morgan fingerprint density at radius 1 is 1.00 bits per heavy atom. The fourth-order valence-electron chi connectivity index (χ4n) is 3.75. The lowest BCUT2D eigenvalue weighted by molar-refractivity contribution is -0.138. The molecule has 2 heterocycles. The Bertz CT molecular complexity index is 1200. The number of rotatable bonds is 5. The zero-order valence-electron chi connectivity index (χ0n) is 18.6. The highest BCUT2D eigenvalue weighted by atomic mass is 35.5. The van der Waals surface area contributed by atoms with Gasteiger partial charge < -0.3 is 14.5 Å². The lowest BCUT2D eigenvalue weighted by Crippen LogP contribution is -2.52. The lowest BCUT2D eigenvalue weighted by atomic mass is 10.1. The van der Waals surface area contributed by atoms with Gasteiger partial charge in [0.05, 0.1) is 16.3 Å². The summed E-state index contributed by atoms with van der Waals surface area (Å²) in [6.07, 6.45) is -5.40. The van der Waals surface area contributed by atoms with Gasteiger partial charge >= 0.3 is 6.18 Å². The number of hydrogen-bond donors (Lipinski definition) is 0. The van der Waals surface area contributed by atoms with Crippen molar-refractivity contribution in [3.63, 3.8) is 0 Å². The molecule has 0 spiro atoms. The van der Waals surface area contributed by atoms with Gasteiger partial charge in [-0.2, -0.15) is 13.2 Å². The monoisotopic (exact) mass is 524 g/mol. The summed E-state index contributed by atoms with van der Waals surface area (Å²) in [5, 5.41) is 9.58. The Hall–Kier alpha value is -3.04. The van der Waals surface area contributed by atoms with Gasteiger partial charge in [0.2, 0.25) is 0 Å². The van der Waals surface area contributed by atoms with E-state index in [1.54, 1.807) is 23.1 Å². The highest BCUT2D eigenvalue weighted by Gasteiger charge is 2.31. The number of carbonyl (C=O) groups is 1. The number of alkyl halides is 3. The van der Waals surface area contributed by atoms with Crippen LogP contribution >= 0.6 is 23.2 Å². The molecule has 1 saturated heterocycles. The number of hydrogen-bond acceptors (Lipinski definition) is 5. The average molecular weight is 525 g/mol. The lowest BCUT2D eigenvalue weighted by Gasteiger charge is -2.36. The molecule has 6 nitrogen and oxygen atoms in total. The van der Waals surface area contributed by atoms with Gasteiger partial charge in [0.25, 0.3) is 5.91 Å². The molecule has 4 rings (SSSR count). The minimum absolute atomic E-state index is 0.00420. The highest BCUT2D eigenvalue weighted by molar-refractivity contribution is 6.36. The molecular formula is C24H21Cl2F3N4O2. The number of ether oxygens (including phenoxy) is 1. The Balaban J connectivity index is 1.34. The minimum Gasteiger partial charge on any atom is -0.481 e. The molecule has 1 aliphatic heterocycles. The van der Waals surface area contributed by atoms with Crippen LogP contribution in [-0.4, -0.2) is 53.3 Å². The minimum atomic E-state index is -4.48. The van der Waals surface area contributed by atoms with E-state index in [0.717, 1.165) is 17.7 Å². The molecule has 1 atom stereocenters. The molecule has 1 unspecified atom stereocenters. The third-order valence-corrected chi connectivity index (χ3v) is 6.14. The van der Waals surface area contributed by atoms with Crippen molar-refractivity contribution in [1.29, 1.82) is 0 Å². The second kappa shape index (κ2) is 10.3. The molecule has 1 aromatic heterocycles. The number of aromatic nitrogens is 2. The summed E-state index contributed by atoms with van der Waals surface area (Å²) >= 11 is 12.2. The average Bonchev–Trinajstić information content (AvgIpc) is 2.83. The fraction of sp³-hybridized carbons (Fsp3) is 0.292. The van der Waals surface area contributed by atoms with Crippen LogP contribution in [0.25, 0.3) is 11.3 Å². The third-order valence-electron chi connectivity index (χ3n) is 5.59. The summed E-state index contributed by atoms with van der Waals surface area (Å²) < 4.78 is 44.3. The topological polar surface area (TPSA) is 58.6 Å². The number of amides is 1. The zero-order valence-corrected chi connectivity index (χ0v) is 20.1. The van der Waals surface area contributed by atoms with E-state index in [1.807, 2.05) is 17.0 Å². The molecule has 35 heavy (non-hydrogen) atoms. The van der Waals surface area contributed by atoms with Crippen LogP contribution in [-0.2, 0) is 11.0 Å². The molecule has 0 radical (unpaired) electrons. The summed E-state index contributed by atoms with van der Waals surface area (Å²) in [5.41, 5.74) is 0.513. The SMILES string of the molecule is CC(Oc1cccc(C(F)(F)F)c1)C(=O)N1CCN(c2ccc(-c3ccc(Cl)cc3Cl)nn2)CC1. The largest absolute Gasteiger partial charge is 0.481 e. The molecule has 0 N–H and O–H groups in total. The standard InChI is InChI=1S/C24H21Cl2F3N4O2/c1-15(35-18-4-2-3-16(13-18)24(27,28)29)23(34)33-11-9-32(10-12-33)22-8-7-21(30-31-22)19-6-5-17(25)14-20(19)26/h2-8,13-15H,9-12H2,1H3. The van der Waals surface area contributed by atoms with Crippen LogP contribution < -0.4 is 9.64 Å². The maximum Gasteiger partial charge on any atom is 0.416 e. The summed E-state index contributed by atoms with van der Waals surface area (Å²) in [5.74, 6) is 0.371. The molecular weight excluding hydrogens is 504 g/mol. The van der Waals surface area contributed by atoms with Gasteiger partial charge in [-0.3, -0.25) is 4.79 Å². The Morgan fingerprint density at radius 3 is 2.37 bits per heavy atom. The summed E-state index contributed by atoms with van der Waals surface area (Å²) in [4.78, 5) is 16.4. The van der Waals surface area contributed by atoms with E-state index in [0.29, 0.717) is 47.7 Å². The van der Waals surface area contributed by atoms with Crippen LogP contribution in [0.2, 0.25) is 10.0 Å². The number of nitrogens with zero attached hydrogens (tertiary/aromatic N) is 4. The van der Waals surface area contributed by atoms with E-state index in [2.05, 4.69) is 10.2 Å². The van der Waals surface area contributed by atoms with Gasteiger partial charge in [0.15, 0.2) is 11.9 Å². The first-order valence-electron chi connectivity index (χ1n) is 10.8. The van der Waals surface area contributed by atoms with Crippen LogP contribution in [0.1, 0.15) is 12.5 Å². The van der Waals surface area contributed by atoms with E-state index in [9.17, 15) is 18.0 Å². The van der Waals surface area contributed by atoms with Gasteiger partial charge in [-0.1, -0.05) is 29.3 Å². The number of piperazine rings is 1. The molecule has 2 aromatic carbocycles. The maximum atomic E-state index is 12.9. The van der Waals surface area contributed by atoms with Crippen molar-refractivity contribution >= 4 is 34.9 Å². The van der Waals surface area contributed by atoms with E-state index < -0.39 is 17.8 Å². The summed E-state index contributed by atoms with van der Waals surface area (Å²) in [6.45, 7) is 3.42. The molecule has 0 aliphatic carbocycles. The quantitative estimate of drug-likeness (QED) is 0.435. The molecule has 3 aromatic rings. The van der Waals surface area contributed by atoms with Crippen LogP contribution in [0, 0.1) is 0 Å². The van der Waals surface area contributed by atoms with Gasteiger partial charge in [-0.25, -0.2) is 0 Å². The molecule has 1 amide bonds. The summed E-state index contributed by atoms with van der Waals surface area (Å²) in [7, 11) is 0. The second-order valence-corrected chi connectivity index (χ2v) is 8.84. The molecule has 0 saturated carbocycles. The highest BCUT2D eigenvalue weighted by Crippen LogP contribution is 2.32. The van der Waals surface area contributed by atoms with Crippen LogP contribution in [0.5, 0.6) is 5.75 Å². The van der Waals surface area contributed by atoms with Crippen LogP contribution in [0.4, 0.5) is 19.0 Å². The first kappa shape index (κ1) is 25.1. The Kier molecular flexibility index (Phi) is 7.37. The molecule has 184 valence electrons. The number of halogens is 5. The van der Waals surface area contributed by atoms with Crippen molar-refractivity contribution in [3.05, 3.63) is 70.2 Å². The first-order valence-corrected chi connectivity index (χ1v) is 11.5. The van der Waals surface area contributed by atoms with E-state index in [1.165, 1.54) is 19.1 Å². The Morgan fingerprint density at radius 2 is 1.74 bits per heavy atom. The van der Waals surface area contributed by atoms with Crippen molar-refractivity contribution in [3.8, 4) is 17.0 Å². The van der Waals surface area contributed by atoms with Crippen molar-refractivity contribution in [1.82, 2.24) is 15.1 Å². The fourth-order valence-corrected chi connectivity index (χ4v) is 4.25. The predicted molar refractivity (Wildman–Crippen MR) is 128 cm³/mol. The zero-order chi connectivity index (χ0) is 25.2. The van der Waals surface area contributed by atoms with Crippen LogP contribution in [0.3, 0.4) is 0 Å². The van der Waals surface area contributed by atoms with Gasteiger partial charge in [0, 0.05) is 36.8 Å². The molecule has 0 bridgehead atoms. The summed E-state index contributed by atoms with van der Waals surface area (Å²) in [6, 6.07) is 13.3. The van der Waals surface area contributed by atoms with E-state index in [4.69, 9.17) is 27.9 Å². The third kappa shape index (κ3) is 5.97. The maximum absolute atomic E-state index is 12.9. The Labute approximate surface area is 210 Å². The molecule has 11 heteroatoms. The number of benzene rings is 2. The predicted octanol–water partition coefficient (Wildman–Crippen LogP) is 5.59. The van der Waals surface area contributed by atoms with Crippen LogP contribution in [0.15, 0.2) is 54.6 Å². The van der Waals surface area contributed by atoms with Gasteiger partial charge in [0.1, 0.15) is 5.75 Å². The molecule has 1 aliphatic rings. The van der Waals surface area contributed by atoms with Crippen molar-refractivity contribution in [2.75, 3.05) is 31.1 Å². The normalized spacial score (nSPS) is 15.1. The van der Waals surface area contributed by atoms with E-state index >= 15 is 0 Å². The second-order valence-electron chi connectivity index (χ2n) is 8.00. The van der Waals surface area contributed by atoms with E-state index in [-0.39, 0.29) is 11.7 Å². The van der Waals surface area contributed by atoms with Crippen molar-refractivity contribution in [2.24, 2.45) is 0 Å². The van der Waals surface area contributed by atoms with Crippen molar-refractivity contribution < 1.29 is 22.7 Å². The molecule has 1 fully saturated rings. The first-order chi connectivity index (χ1) is 16.6. The smallest absolute Gasteiger partial charge is 0.416 e. The van der Waals surface area contributed by atoms with Crippen molar-refractivity contribution in [2.45, 2.75) is 19.2 Å². The van der Waals surface area contributed by atoms with Gasteiger partial charge in [-0.05, 0) is 55.5 Å². The number of carbonyl (C=O) groups excluding carboxylic acids is 1. The van der Waals surface area contributed by atoms with Gasteiger partial charge in [-0.15, -0.1) is 10.2 Å². The number of anilines is 1.